The maximum atomic E-state index is 5.50. The lowest BCUT2D eigenvalue weighted by Crippen LogP contribution is -2.41. The van der Waals surface area contributed by atoms with Crippen molar-refractivity contribution >= 4 is 21.9 Å². The molecule has 1 saturated carbocycles. The number of hydrogen-bond acceptors (Lipinski definition) is 3. The van der Waals surface area contributed by atoms with Crippen molar-refractivity contribution in [2.24, 2.45) is 10.9 Å². The molecule has 2 aromatic rings. The van der Waals surface area contributed by atoms with Gasteiger partial charge in [0.25, 0.3) is 0 Å². The van der Waals surface area contributed by atoms with Crippen LogP contribution in [-0.2, 0) is 16.6 Å². The molecule has 1 atom stereocenters. The highest BCUT2D eigenvalue weighted by Crippen LogP contribution is 2.48. The van der Waals surface area contributed by atoms with Crippen molar-refractivity contribution in [3.05, 3.63) is 58.5 Å². The predicted molar refractivity (Wildman–Crippen MR) is 115 cm³/mol. The Hall–Kier alpha value is -1.79. The minimum absolute atomic E-state index is 0.190. The zero-order valence-electron chi connectivity index (χ0n) is 16.1. The molecule has 1 unspecified atom stereocenters. The molecule has 1 aliphatic heterocycles. The second-order valence-corrected chi connectivity index (χ2v) is 8.74. The Morgan fingerprint density at radius 3 is 2.86 bits per heavy atom. The van der Waals surface area contributed by atoms with Crippen molar-refractivity contribution in [3.63, 3.8) is 0 Å². The molecule has 28 heavy (non-hydrogen) atoms. The molecule has 1 aliphatic carbocycles. The van der Waals surface area contributed by atoms with E-state index in [2.05, 4.69) is 50.8 Å². The van der Waals surface area contributed by atoms with Gasteiger partial charge in [0.15, 0.2) is 5.96 Å². The Labute approximate surface area is 175 Å². The van der Waals surface area contributed by atoms with Crippen molar-refractivity contribution in [1.82, 2.24) is 10.6 Å². The molecule has 2 fully saturated rings. The van der Waals surface area contributed by atoms with Crippen LogP contribution < -0.4 is 10.6 Å². The fourth-order valence-electron chi connectivity index (χ4n) is 3.66. The van der Waals surface area contributed by atoms with Crippen molar-refractivity contribution in [2.75, 3.05) is 32.8 Å². The van der Waals surface area contributed by atoms with E-state index in [4.69, 9.17) is 14.1 Å². The third kappa shape index (κ3) is 5.17. The molecule has 0 spiro atoms. The number of halogens is 1. The molecular formula is C22H28BrN3O2. The number of rotatable bonds is 8. The van der Waals surface area contributed by atoms with Gasteiger partial charge in [0, 0.05) is 41.9 Å². The number of guanidine groups is 1. The number of aliphatic imine (C=N–C) groups is 1. The van der Waals surface area contributed by atoms with Crippen LogP contribution in [0.15, 0.2) is 56.5 Å². The summed E-state index contributed by atoms with van der Waals surface area (Å²) in [5, 5.41) is 7.00. The highest BCUT2D eigenvalue weighted by molar-refractivity contribution is 9.10. The third-order valence-electron chi connectivity index (χ3n) is 5.66. The zero-order chi connectivity index (χ0) is 19.2. The maximum absolute atomic E-state index is 5.50. The summed E-state index contributed by atoms with van der Waals surface area (Å²) in [5.74, 6) is 2.45. The van der Waals surface area contributed by atoms with Crippen LogP contribution in [-0.4, -0.2) is 38.8 Å². The molecule has 4 rings (SSSR count). The van der Waals surface area contributed by atoms with Gasteiger partial charge in [-0.05, 0) is 49.1 Å². The van der Waals surface area contributed by atoms with E-state index in [9.17, 15) is 0 Å². The summed E-state index contributed by atoms with van der Waals surface area (Å²) in [5.41, 5.74) is 1.57. The summed E-state index contributed by atoms with van der Waals surface area (Å²) >= 11 is 3.60. The molecule has 6 heteroatoms. The largest absolute Gasteiger partial charge is 0.469 e. The molecule has 1 aromatic heterocycles. The van der Waals surface area contributed by atoms with Crippen molar-refractivity contribution < 1.29 is 9.15 Å². The molecule has 0 bridgehead atoms. The number of ether oxygens (including phenoxy) is 1. The summed E-state index contributed by atoms with van der Waals surface area (Å²) in [6, 6.07) is 12.6. The minimum Gasteiger partial charge on any atom is -0.469 e. The lowest BCUT2D eigenvalue weighted by molar-refractivity contribution is 0.186. The average molecular weight is 446 g/mol. The summed E-state index contributed by atoms with van der Waals surface area (Å²) in [7, 11) is 0. The van der Waals surface area contributed by atoms with Crippen LogP contribution in [0.3, 0.4) is 0 Å². The molecule has 0 radical (unpaired) electrons. The second kappa shape index (κ2) is 9.14. The third-order valence-corrected chi connectivity index (χ3v) is 6.15. The van der Waals surface area contributed by atoms with Crippen LogP contribution >= 0.6 is 15.9 Å². The van der Waals surface area contributed by atoms with Gasteiger partial charge in [0.2, 0.25) is 0 Å². The second-order valence-electron chi connectivity index (χ2n) is 7.82. The number of nitrogens with one attached hydrogen (secondary N) is 2. The first-order valence-electron chi connectivity index (χ1n) is 10.1. The van der Waals surface area contributed by atoms with Crippen molar-refractivity contribution in [1.29, 1.82) is 0 Å². The molecule has 1 saturated heterocycles. The van der Waals surface area contributed by atoms with Crippen LogP contribution in [0.2, 0.25) is 0 Å². The van der Waals surface area contributed by atoms with Crippen LogP contribution in [0.1, 0.15) is 30.6 Å². The molecule has 2 heterocycles. The van der Waals surface area contributed by atoms with E-state index in [1.165, 1.54) is 18.4 Å². The zero-order valence-corrected chi connectivity index (χ0v) is 17.7. The van der Waals surface area contributed by atoms with E-state index in [-0.39, 0.29) is 5.41 Å². The van der Waals surface area contributed by atoms with E-state index >= 15 is 0 Å². The smallest absolute Gasteiger partial charge is 0.191 e. The number of nitrogens with zero attached hydrogens (tertiary/aromatic N) is 1. The summed E-state index contributed by atoms with van der Waals surface area (Å²) in [4.78, 5) is 4.95. The molecule has 2 aliphatic rings. The predicted octanol–water partition coefficient (Wildman–Crippen LogP) is 3.89. The van der Waals surface area contributed by atoms with Gasteiger partial charge >= 0.3 is 0 Å². The molecular weight excluding hydrogens is 418 g/mol. The SMILES string of the molecule is Brc1cccc(C2(CN=C(NCCc3ccco3)NCC3CCOC3)CC2)c1. The van der Waals surface area contributed by atoms with Crippen LogP contribution in [0.4, 0.5) is 0 Å². The number of furan rings is 1. The Morgan fingerprint density at radius 2 is 2.14 bits per heavy atom. The van der Waals surface area contributed by atoms with Crippen LogP contribution in [0, 0.1) is 5.92 Å². The minimum atomic E-state index is 0.190. The van der Waals surface area contributed by atoms with Gasteiger partial charge in [0.05, 0.1) is 19.4 Å². The quantitative estimate of drug-likeness (QED) is 0.477. The molecule has 1 aromatic carbocycles. The number of benzene rings is 1. The lowest BCUT2D eigenvalue weighted by Gasteiger charge is -2.18. The van der Waals surface area contributed by atoms with Gasteiger partial charge in [0.1, 0.15) is 5.76 Å². The Kier molecular flexibility index (Phi) is 6.37. The topological polar surface area (TPSA) is 58.8 Å². The van der Waals surface area contributed by atoms with Gasteiger partial charge in [-0.1, -0.05) is 28.1 Å². The fraction of sp³-hybridized carbons (Fsp3) is 0.500. The molecule has 5 nitrogen and oxygen atoms in total. The van der Waals surface area contributed by atoms with Gasteiger partial charge in [-0.2, -0.15) is 0 Å². The van der Waals surface area contributed by atoms with Crippen molar-refractivity contribution in [3.8, 4) is 0 Å². The maximum Gasteiger partial charge on any atom is 0.191 e. The first-order chi connectivity index (χ1) is 13.7. The monoisotopic (exact) mass is 445 g/mol. The van der Waals surface area contributed by atoms with E-state index in [0.717, 1.165) is 61.9 Å². The van der Waals surface area contributed by atoms with E-state index in [0.29, 0.717) is 5.92 Å². The Balaban J connectivity index is 1.37. The Bertz CT molecular complexity index is 781. The standard InChI is InChI=1S/C22H28BrN3O2/c23-19-4-1-3-18(13-19)22(8-9-22)16-26-21(25-14-17-7-12-27-15-17)24-10-6-20-5-2-11-28-20/h1-5,11,13,17H,6-10,12,14-16H2,(H2,24,25,26). The average Bonchev–Trinajstić information content (AvgIpc) is 3.09. The molecule has 0 amide bonds. The van der Waals surface area contributed by atoms with Crippen molar-refractivity contribution in [2.45, 2.75) is 31.1 Å². The summed E-state index contributed by atoms with van der Waals surface area (Å²) in [6.45, 7) is 4.22. The van der Waals surface area contributed by atoms with Gasteiger partial charge in [-0.25, -0.2) is 0 Å². The van der Waals surface area contributed by atoms with E-state index in [1.54, 1.807) is 6.26 Å². The van der Waals surface area contributed by atoms with Gasteiger partial charge < -0.3 is 19.8 Å². The lowest BCUT2D eigenvalue weighted by atomic mass is 9.96. The van der Waals surface area contributed by atoms with E-state index < -0.39 is 0 Å². The summed E-state index contributed by atoms with van der Waals surface area (Å²) < 4.78 is 12.1. The van der Waals surface area contributed by atoms with Crippen LogP contribution in [0.25, 0.3) is 0 Å². The highest BCUT2D eigenvalue weighted by atomic mass is 79.9. The van der Waals surface area contributed by atoms with Gasteiger partial charge in [-0.3, -0.25) is 4.99 Å². The van der Waals surface area contributed by atoms with Crippen LogP contribution in [0.5, 0.6) is 0 Å². The highest BCUT2D eigenvalue weighted by Gasteiger charge is 2.44. The van der Waals surface area contributed by atoms with E-state index in [1.807, 2.05) is 12.1 Å². The first-order valence-corrected chi connectivity index (χ1v) is 10.9. The normalized spacial score (nSPS) is 20.9. The first kappa shape index (κ1) is 19.5. The Morgan fingerprint density at radius 1 is 1.21 bits per heavy atom. The molecule has 150 valence electrons. The fourth-order valence-corrected chi connectivity index (χ4v) is 4.06. The number of hydrogen-bond donors (Lipinski definition) is 2. The van der Waals surface area contributed by atoms with Gasteiger partial charge in [-0.15, -0.1) is 0 Å². The summed E-state index contributed by atoms with van der Waals surface area (Å²) in [6.07, 6.45) is 6.08. The molecule has 2 N–H and O–H groups in total.